The van der Waals surface area contributed by atoms with E-state index in [1.807, 2.05) is 11.8 Å². The Labute approximate surface area is 112 Å². The first-order valence-corrected chi connectivity index (χ1v) is 6.31. The highest BCUT2D eigenvalue weighted by atomic mass is 16.3. The van der Waals surface area contributed by atoms with Gasteiger partial charge in [-0.05, 0) is 26.0 Å². The molecule has 1 fully saturated rings. The first-order chi connectivity index (χ1) is 9.04. The zero-order chi connectivity index (χ0) is 14.0. The van der Waals surface area contributed by atoms with Crippen molar-refractivity contribution in [2.75, 3.05) is 18.0 Å². The number of benzene rings is 1. The number of carbonyl (C=O) groups excluding carboxylic acids is 1. The third kappa shape index (κ3) is 2.54. The van der Waals surface area contributed by atoms with E-state index in [9.17, 15) is 9.90 Å². The molecule has 1 heterocycles. The molecule has 100 valence electrons. The number of piperazine rings is 1. The van der Waals surface area contributed by atoms with Gasteiger partial charge in [0.2, 0.25) is 5.91 Å². The summed E-state index contributed by atoms with van der Waals surface area (Å²) >= 11 is 0. The number of carbonyl (C=O) groups is 1. The van der Waals surface area contributed by atoms with Gasteiger partial charge in [0.25, 0.3) is 0 Å². The van der Waals surface area contributed by atoms with Gasteiger partial charge in [-0.1, -0.05) is 6.07 Å². The van der Waals surface area contributed by atoms with Crippen molar-refractivity contribution in [2.45, 2.75) is 26.0 Å². The Balaban J connectivity index is 2.47. The second kappa shape index (κ2) is 5.29. The Morgan fingerprint density at radius 1 is 1.58 bits per heavy atom. The molecule has 19 heavy (non-hydrogen) atoms. The van der Waals surface area contributed by atoms with Crippen LogP contribution in [-0.2, 0) is 4.79 Å². The summed E-state index contributed by atoms with van der Waals surface area (Å²) in [5.41, 5.74) is 2.02. The van der Waals surface area contributed by atoms with Crippen molar-refractivity contribution in [1.82, 2.24) is 5.32 Å². The van der Waals surface area contributed by atoms with Gasteiger partial charge >= 0.3 is 0 Å². The molecule has 1 aromatic carbocycles. The van der Waals surface area contributed by atoms with Crippen molar-refractivity contribution in [3.05, 3.63) is 29.3 Å². The van der Waals surface area contributed by atoms with E-state index in [4.69, 9.17) is 5.26 Å². The SMILES string of the molecule is CC1C(=O)NCCN1c1cc(C#N)ccc1[C@@H](C)O. The molecule has 0 bridgehead atoms. The van der Waals surface area contributed by atoms with E-state index in [-0.39, 0.29) is 11.9 Å². The minimum atomic E-state index is -0.639. The number of aliphatic hydroxyl groups excluding tert-OH is 1. The van der Waals surface area contributed by atoms with Gasteiger partial charge < -0.3 is 15.3 Å². The van der Waals surface area contributed by atoms with Crippen LogP contribution in [0.2, 0.25) is 0 Å². The monoisotopic (exact) mass is 259 g/mol. The Kier molecular flexibility index (Phi) is 3.72. The highest BCUT2D eigenvalue weighted by Crippen LogP contribution is 2.29. The van der Waals surface area contributed by atoms with Crippen LogP contribution in [0.5, 0.6) is 0 Å². The molecule has 0 aliphatic carbocycles. The standard InChI is InChI=1S/C14H17N3O2/c1-9-14(19)16-5-6-17(9)13-7-11(8-15)3-4-12(13)10(2)18/h3-4,7,9-10,18H,5-6H2,1-2H3,(H,16,19)/t9?,10-/m1/s1. The smallest absolute Gasteiger partial charge is 0.242 e. The topological polar surface area (TPSA) is 76.4 Å². The number of aliphatic hydroxyl groups is 1. The first-order valence-electron chi connectivity index (χ1n) is 6.31. The number of anilines is 1. The molecule has 2 N–H and O–H groups in total. The molecule has 1 aromatic rings. The lowest BCUT2D eigenvalue weighted by Crippen LogP contribution is -2.54. The van der Waals surface area contributed by atoms with E-state index < -0.39 is 6.10 Å². The maximum absolute atomic E-state index is 11.7. The average Bonchev–Trinajstić information content (AvgIpc) is 2.41. The van der Waals surface area contributed by atoms with Gasteiger partial charge in [-0.2, -0.15) is 5.26 Å². The van der Waals surface area contributed by atoms with Crippen molar-refractivity contribution < 1.29 is 9.90 Å². The average molecular weight is 259 g/mol. The first kappa shape index (κ1) is 13.4. The van der Waals surface area contributed by atoms with E-state index in [0.717, 1.165) is 11.3 Å². The number of rotatable bonds is 2. The zero-order valence-electron chi connectivity index (χ0n) is 11.1. The van der Waals surface area contributed by atoms with E-state index in [1.165, 1.54) is 0 Å². The molecule has 1 aliphatic rings. The Morgan fingerprint density at radius 3 is 2.95 bits per heavy atom. The van der Waals surface area contributed by atoms with Crippen molar-refractivity contribution in [3.8, 4) is 6.07 Å². The number of hydrogen-bond acceptors (Lipinski definition) is 4. The van der Waals surface area contributed by atoms with Crippen LogP contribution in [0.25, 0.3) is 0 Å². The molecule has 0 saturated carbocycles. The molecule has 1 unspecified atom stereocenters. The molecule has 2 atom stereocenters. The van der Waals surface area contributed by atoms with E-state index in [1.54, 1.807) is 25.1 Å². The summed E-state index contributed by atoms with van der Waals surface area (Å²) in [6, 6.07) is 6.95. The van der Waals surface area contributed by atoms with Crippen LogP contribution in [0.1, 0.15) is 31.1 Å². The number of hydrogen-bond donors (Lipinski definition) is 2. The maximum atomic E-state index is 11.7. The highest BCUT2D eigenvalue weighted by molar-refractivity contribution is 5.86. The predicted octanol–water partition coefficient (Wildman–Crippen LogP) is 0.936. The van der Waals surface area contributed by atoms with Crippen LogP contribution in [0.4, 0.5) is 5.69 Å². The fourth-order valence-electron chi connectivity index (χ4n) is 2.33. The minimum Gasteiger partial charge on any atom is -0.389 e. The molecule has 1 saturated heterocycles. The molecule has 0 radical (unpaired) electrons. The van der Waals surface area contributed by atoms with E-state index >= 15 is 0 Å². The molecule has 1 aliphatic heterocycles. The van der Waals surface area contributed by atoms with Gasteiger partial charge in [0, 0.05) is 24.3 Å². The summed E-state index contributed by atoms with van der Waals surface area (Å²) < 4.78 is 0. The minimum absolute atomic E-state index is 0.0369. The van der Waals surface area contributed by atoms with Gasteiger partial charge in [-0.25, -0.2) is 0 Å². The van der Waals surface area contributed by atoms with Crippen molar-refractivity contribution >= 4 is 11.6 Å². The number of amides is 1. The van der Waals surface area contributed by atoms with Crippen LogP contribution >= 0.6 is 0 Å². The van der Waals surface area contributed by atoms with Crippen LogP contribution in [0.15, 0.2) is 18.2 Å². The predicted molar refractivity (Wildman–Crippen MR) is 71.6 cm³/mol. The molecular weight excluding hydrogens is 242 g/mol. The van der Waals surface area contributed by atoms with Crippen LogP contribution in [0, 0.1) is 11.3 Å². The molecule has 1 amide bonds. The summed E-state index contributed by atoms with van der Waals surface area (Å²) in [7, 11) is 0. The third-order valence-electron chi connectivity index (χ3n) is 3.42. The number of nitriles is 1. The van der Waals surface area contributed by atoms with Crippen LogP contribution < -0.4 is 10.2 Å². The normalized spacial score (nSPS) is 20.6. The van der Waals surface area contributed by atoms with Crippen LogP contribution in [-0.4, -0.2) is 30.1 Å². The maximum Gasteiger partial charge on any atom is 0.242 e. The van der Waals surface area contributed by atoms with Gasteiger partial charge in [-0.15, -0.1) is 0 Å². The van der Waals surface area contributed by atoms with Gasteiger partial charge in [0.15, 0.2) is 0 Å². The Hall–Kier alpha value is -2.06. The number of nitrogens with zero attached hydrogens (tertiary/aromatic N) is 2. The summed E-state index contributed by atoms with van der Waals surface area (Å²) in [4.78, 5) is 13.7. The fraction of sp³-hybridized carbons (Fsp3) is 0.429. The summed E-state index contributed by atoms with van der Waals surface area (Å²) in [6.07, 6.45) is -0.639. The molecular formula is C14H17N3O2. The lowest BCUT2D eigenvalue weighted by molar-refractivity contribution is -0.122. The lowest BCUT2D eigenvalue weighted by Gasteiger charge is -2.36. The largest absolute Gasteiger partial charge is 0.389 e. The van der Waals surface area contributed by atoms with E-state index in [2.05, 4.69) is 11.4 Å². The van der Waals surface area contributed by atoms with E-state index in [0.29, 0.717) is 18.7 Å². The summed E-state index contributed by atoms with van der Waals surface area (Å²) in [5, 5.41) is 21.6. The van der Waals surface area contributed by atoms with Crippen molar-refractivity contribution in [2.24, 2.45) is 0 Å². The third-order valence-corrected chi connectivity index (χ3v) is 3.42. The quantitative estimate of drug-likeness (QED) is 0.828. The second-order valence-corrected chi connectivity index (χ2v) is 4.72. The summed E-state index contributed by atoms with van der Waals surface area (Å²) in [6.45, 7) is 4.74. The lowest BCUT2D eigenvalue weighted by atomic mass is 10.0. The fourth-order valence-corrected chi connectivity index (χ4v) is 2.33. The molecule has 5 nitrogen and oxygen atoms in total. The number of nitrogens with one attached hydrogen (secondary N) is 1. The van der Waals surface area contributed by atoms with Gasteiger partial charge in [-0.3, -0.25) is 4.79 Å². The Morgan fingerprint density at radius 2 is 2.32 bits per heavy atom. The molecule has 0 aromatic heterocycles. The van der Waals surface area contributed by atoms with Crippen molar-refractivity contribution in [3.63, 3.8) is 0 Å². The van der Waals surface area contributed by atoms with Gasteiger partial charge in [0.1, 0.15) is 6.04 Å². The second-order valence-electron chi connectivity index (χ2n) is 4.72. The van der Waals surface area contributed by atoms with Crippen molar-refractivity contribution in [1.29, 1.82) is 5.26 Å². The molecule has 5 heteroatoms. The zero-order valence-corrected chi connectivity index (χ0v) is 11.1. The molecule has 0 spiro atoms. The van der Waals surface area contributed by atoms with Gasteiger partial charge in [0.05, 0.1) is 17.7 Å². The molecule has 2 rings (SSSR count). The van der Waals surface area contributed by atoms with Crippen LogP contribution in [0.3, 0.4) is 0 Å². The summed E-state index contributed by atoms with van der Waals surface area (Å²) in [5.74, 6) is -0.0369. The Bertz CT molecular complexity index is 534. The highest BCUT2D eigenvalue weighted by Gasteiger charge is 2.27.